The van der Waals surface area contributed by atoms with Crippen molar-refractivity contribution in [2.24, 2.45) is 0 Å². The van der Waals surface area contributed by atoms with Crippen molar-refractivity contribution in [1.82, 2.24) is 4.90 Å². The maximum atomic E-state index is 13.3. The van der Waals surface area contributed by atoms with Crippen LogP contribution in [0.4, 0.5) is 5.69 Å². The van der Waals surface area contributed by atoms with Crippen molar-refractivity contribution >= 4 is 15.7 Å². The first-order chi connectivity index (χ1) is 13.0. The largest absolute Gasteiger partial charge is 1.00 e. The third-order valence-corrected chi connectivity index (χ3v) is 6.76. The van der Waals surface area contributed by atoms with E-state index in [9.17, 15) is 13.5 Å². The quantitative estimate of drug-likeness (QED) is 0.683. The summed E-state index contributed by atoms with van der Waals surface area (Å²) in [6.45, 7) is 4.39. The molecular weight excluding hydrogens is 396 g/mol. The minimum absolute atomic E-state index is 0. The topological polar surface area (TPSA) is 60.9 Å². The maximum Gasteiger partial charge on any atom is 0.264 e. The SMILES string of the molecule is Cc1ccc(S(=O)(=O)N(CC(O)CN2CCCCC2)c2ccccc2)cc1.[Cl-]. The molecule has 0 aromatic heterocycles. The molecule has 5 nitrogen and oxygen atoms in total. The van der Waals surface area contributed by atoms with Crippen LogP contribution in [0.15, 0.2) is 59.5 Å². The fourth-order valence-electron chi connectivity index (χ4n) is 3.46. The van der Waals surface area contributed by atoms with Crippen LogP contribution in [-0.4, -0.2) is 50.7 Å². The number of para-hydroxylation sites is 1. The molecule has 28 heavy (non-hydrogen) atoms. The molecule has 0 bridgehead atoms. The zero-order chi connectivity index (χ0) is 19.3. The van der Waals surface area contributed by atoms with Crippen LogP contribution in [0.3, 0.4) is 0 Å². The Morgan fingerprint density at radius 2 is 1.61 bits per heavy atom. The van der Waals surface area contributed by atoms with Crippen LogP contribution in [0.25, 0.3) is 0 Å². The number of nitrogens with zero attached hydrogens (tertiary/aromatic N) is 2. The lowest BCUT2D eigenvalue weighted by Gasteiger charge is -2.31. The van der Waals surface area contributed by atoms with Gasteiger partial charge in [-0.05, 0) is 57.1 Å². The van der Waals surface area contributed by atoms with Crippen molar-refractivity contribution in [2.45, 2.75) is 37.2 Å². The summed E-state index contributed by atoms with van der Waals surface area (Å²) in [5.74, 6) is 0. The predicted octanol–water partition coefficient (Wildman–Crippen LogP) is 0.0411. The lowest BCUT2D eigenvalue weighted by Crippen LogP contribution is -3.00. The summed E-state index contributed by atoms with van der Waals surface area (Å²) in [7, 11) is -3.75. The molecule has 1 fully saturated rings. The lowest BCUT2D eigenvalue weighted by molar-refractivity contribution is -0.0000101. The second kappa shape index (κ2) is 10.3. The zero-order valence-corrected chi connectivity index (χ0v) is 17.7. The fraction of sp³-hybridized carbons (Fsp3) is 0.429. The van der Waals surface area contributed by atoms with Gasteiger partial charge >= 0.3 is 0 Å². The average Bonchev–Trinajstić information content (AvgIpc) is 2.68. The van der Waals surface area contributed by atoms with Crippen molar-refractivity contribution in [3.8, 4) is 0 Å². The van der Waals surface area contributed by atoms with E-state index in [2.05, 4.69) is 4.90 Å². The van der Waals surface area contributed by atoms with E-state index in [0.717, 1.165) is 31.5 Å². The van der Waals surface area contributed by atoms with E-state index in [1.54, 1.807) is 36.4 Å². The molecule has 0 aliphatic carbocycles. The van der Waals surface area contributed by atoms with Crippen LogP contribution in [0.5, 0.6) is 0 Å². The molecule has 154 valence electrons. The van der Waals surface area contributed by atoms with Gasteiger partial charge in [-0.3, -0.25) is 4.31 Å². The number of aryl methyl sites for hydroxylation is 1. The molecule has 2 aromatic rings. The summed E-state index contributed by atoms with van der Waals surface area (Å²) in [4.78, 5) is 2.46. The third-order valence-electron chi connectivity index (χ3n) is 4.95. The van der Waals surface area contributed by atoms with Crippen molar-refractivity contribution in [3.63, 3.8) is 0 Å². The van der Waals surface area contributed by atoms with Gasteiger partial charge < -0.3 is 22.4 Å². The second-order valence-corrected chi connectivity index (χ2v) is 9.06. The summed E-state index contributed by atoms with van der Waals surface area (Å²) in [5, 5.41) is 10.6. The Bertz CT molecular complexity index is 822. The summed E-state index contributed by atoms with van der Waals surface area (Å²) in [5.41, 5.74) is 1.57. The standard InChI is InChI=1S/C21H28N2O3S.ClH/c1-18-10-12-21(13-11-18)27(25,26)23(19-8-4-2-5-9-19)17-20(24)16-22-14-6-3-7-15-22;/h2,4-5,8-13,20,24H,3,6-7,14-17H2,1H3;1H/p-1. The number of aliphatic hydroxyl groups excluding tert-OH is 1. The van der Waals surface area contributed by atoms with Gasteiger partial charge in [0.2, 0.25) is 0 Å². The van der Waals surface area contributed by atoms with Gasteiger partial charge in [0.05, 0.1) is 23.2 Å². The first-order valence-corrected chi connectivity index (χ1v) is 11.0. The number of halogens is 1. The number of β-amino-alcohol motifs (C(OH)–C–C–N with tert-alkyl or cyclic N) is 1. The number of anilines is 1. The van der Waals surface area contributed by atoms with Gasteiger partial charge in [0.1, 0.15) is 0 Å². The molecular formula is C21H28ClN2O3S-. The number of hydrogen-bond acceptors (Lipinski definition) is 4. The van der Waals surface area contributed by atoms with Gasteiger partial charge in [-0.2, -0.15) is 0 Å². The van der Waals surface area contributed by atoms with E-state index >= 15 is 0 Å². The molecule has 1 unspecified atom stereocenters. The molecule has 1 saturated heterocycles. The molecule has 7 heteroatoms. The first kappa shape index (κ1) is 22.7. The number of sulfonamides is 1. The van der Waals surface area contributed by atoms with Gasteiger partial charge in [0.15, 0.2) is 0 Å². The number of hydrogen-bond donors (Lipinski definition) is 1. The van der Waals surface area contributed by atoms with Crippen molar-refractivity contribution in [1.29, 1.82) is 0 Å². The van der Waals surface area contributed by atoms with E-state index in [1.165, 1.54) is 10.7 Å². The minimum atomic E-state index is -3.75. The monoisotopic (exact) mass is 423 g/mol. The van der Waals surface area contributed by atoms with Crippen molar-refractivity contribution in [3.05, 3.63) is 60.2 Å². The zero-order valence-electron chi connectivity index (χ0n) is 16.2. The number of benzene rings is 2. The Morgan fingerprint density at radius 1 is 1.00 bits per heavy atom. The average molecular weight is 424 g/mol. The molecule has 1 N–H and O–H groups in total. The Morgan fingerprint density at radius 3 is 2.21 bits per heavy atom. The van der Waals surface area contributed by atoms with Crippen LogP contribution >= 0.6 is 0 Å². The highest BCUT2D eigenvalue weighted by Gasteiger charge is 2.28. The smallest absolute Gasteiger partial charge is 0.264 e. The third kappa shape index (κ3) is 5.70. The van der Waals surface area contributed by atoms with Gasteiger partial charge in [0, 0.05) is 6.54 Å². The number of aliphatic hydroxyl groups is 1. The van der Waals surface area contributed by atoms with Crippen molar-refractivity contribution in [2.75, 3.05) is 30.5 Å². The molecule has 1 aliphatic rings. The van der Waals surface area contributed by atoms with Gasteiger partial charge in [-0.25, -0.2) is 8.42 Å². The molecule has 2 aromatic carbocycles. The van der Waals surface area contributed by atoms with Gasteiger partial charge in [-0.1, -0.05) is 42.3 Å². The summed E-state index contributed by atoms with van der Waals surface area (Å²) in [6.07, 6.45) is 2.75. The molecule has 0 saturated carbocycles. The van der Waals surface area contributed by atoms with E-state index in [4.69, 9.17) is 0 Å². The van der Waals surface area contributed by atoms with E-state index in [-0.39, 0.29) is 23.8 Å². The van der Waals surface area contributed by atoms with Gasteiger partial charge in [0.25, 0.3) is 10.0 Å². The van der Waals surface area contributed by atoms with Crippen LogP contribution in [-0.2, 0) is 10.0 Å². The Balaban J connectivity index is 0.00000280. The Labute approximate surface area is 174 Å². The summed E-state index contributed by atoms with van der Waals surface area (Å²) < 4.78 is 27.9. The maximum absolute atomic E-state index is 13.3. The van der Waals surface area contributed by atoms with Gasteiger partial charge in [-0.15, -0.1) is 0 Å². The van der Waals surface area contributed by atoms with Crippen LogP contribution in [0, 0.1) is 6.92 Å². The predicted molar refractivity (Wildman–Crippen MR) is 108 cm³/mol. The lowest BCUT2D eigenvalue weighted by atomic mass is 10.1. The summed E-state index contributed by atoms with van der Waals surface area (Å²) >= 11 is 0. The normalized spacial score (nSPS) is 16.2. The highest BCUT2D eigenvalue weighted by molar-refractivity contribution is 7.92. The van der Waals surface area contributed by atoms with Crippen molar-refractivity contribution < 1.29 is 25.9 Å². The first-order valence-electron chi connectivity index (χ1n) is 9.52. The van der Waals surface area contributed by atoms with Crippen LogP contribution < -0.4 is 16.7 Å². The second-order valence-electron chi connectivity index (χ2n) is 7.20. The minimum Gasteiger partial charge on any atom is -1.00 e. The van der Waals surface area contributed by atoms with Crippen LogP contribution in [0.1, 0.15) is 24.8 Å². The molecule has 0 spiro atoms. The van der Waals surface area contributed by atoms with E-state index in [1.807, 2.05) is 25.1 Å². The van der Waals surface area contributed by atoms with E-state index in [0.29, 0.717) is 12.2 Å². The fourth-order valence-corrected chi connectivity index (χ4v) is 4.97. The molecule has 0 amide bonds. The molecule has 0 radical (unpaired) electrons. The molecule has 3 rings (SSSR count). The Kier molecular flexibility index (Phi) is 8.31. The van der Waals surface area contributed by atoms with Crippen LogP contribution in [0.2, 0.25) is 0 Å². The number of likely N-dealkylation sites (tertiary alicyclic amines) is 1. The van der Waals surface area contributed by atoms with E-state index < -0.39 is 16.1 Å². The number of piperidine rings is 1. The summed E-state index contributed by atoms with van der Waals surface area (Å²) in [6, 6.07) is 15.8. The molecule has 1 heterocycles. The number of rotatable bonds is 7. The molecule has 1 aliphatic heterocycles. The molecule has 1 atom stereocenters. The highest BCUT2D eigenvalue weighted by Crippen LogP contribution is 2.24. The Hall–Kier alpha value is -1.60. The highest BCUT2D eigenvalue weighted by atomic mass is 35.5.